The molecule has 1 unspecified atom stereocenters. The standard InChI is InChI=1S/C13H21NO3/c1-8(2)5-11(7-15)14-13(16)12-6-9(3)10(4)17-12/h6,8,11,15H,5,7H2,1-4H3,(H,14,16). The lowest BCUT2D eigenvalue weighted by Crippen LogP contribution is -2.38. The minimum atomic E-state index is -0.263. The molecule has 0 aliphatic carbocycles. The molecule has 4 nitrogen and oxygen atoms in total. The Balaban J connectivity index is 2.64. The maximum Gasteiger partial charge on any atom is 0.287 e. The number of nitrogens with one attached hydrogen (secondary N) is 1. The van der Waals surface area contributed by atoms with E-state index >= 15 is 0 Å². The van der Waals surface area contributed by atoms with Crippen molar-refractivity contribution in [2.45, 2.75) is 40.2 Å². The van der Waals surface area contributed by atoms with Crippen LogP contribution in [0.4, 0.5) is 0 Å². The number of hydrogen-bond acceptors (Lipinski definition) is 3. The molecule has 1 aromatic heterocycles. The molecule has 0 aromatic carbocycles. The lowest BCUT2D eigenvalue weighted by atomic mass is 10.0. The van der Waals surface area contributed by atoms with Gasteiger partial charge >= 0.3 is 0 Å². The zero-order valence-electron chi connectivity index (χ0n) is 10.9. The summed E-state index contributed by atoms with van der Waals surface area (Å²) in [5.41, 5.74) is 0.958. The van der Waals surface area contributed by atoms with E-state index in [-0.39, 0.29) is 18.6 Å². The number of hydrogen-bond donors (Lipinski definition) is 2. The van der Waals surface area contributed by atoms with E-state index in [9.17, 15) is 9.90 Å². The first-order chi connectivity index (χ1) is 7.93. The Labute approximate surface area is 102 Å². The molecule has 2 N–H and O–H groups in total. The van der Waals surface area contributed by atoms with Gasteiger partial charge in [-0.3, -0.25) is 4.79 Å². The molecule has 1 heterocycles. The van der Waals surface area contributed by atoms with E-state index in [2.05, 4.69) is 19.2 Å². The molecule has 0 bridgehead atoms. The Kier molecular flexibility index (Phi) is 4.75. The summed E-state index contributed by atoms with van der Waals surface area (Å²) in [7, 11) is 0. The van der Waals surface area contributed by atoms with Crippen molar-refractivity contribution in [1.29, 1.82) is 0 Å². The highest BCUT2D eigenvalue weighted by Crippen LogP contribution is 2.13. The quantitative estimate of drug-likeness (QED) is 0.826. The van der Waals surface area contributed by atoms with Crippen LogP contribution >= 0.6 is 0 Å². The second kappa shape index (κ2) is 5.87. The Morgan fingerprint density at radius 2 is 2.12 bits per heavy atom. The Morgan fingerprint density at radius 1 is 1.47 bits per heavy atom. The third-order valence-electron chi connectivity index (χ3n) is 2.70. The molecular weight excluding hydrogens is 218 g/mol. The van der Waals surface area contributed by atoms with Crippen LogP contribution in [0, 0.1) is 19.8 Å². The number of carbonyl (C=O) groups is 1. The van der Waals surface area contributed by atoms with Crippen LogP contribution in [-0.2, 0) is 0 Å². The van der Waals surface area contributed by atoms with Crippen LogP contribution in [0.5, 0.6) is 0 Å². The molecule has 0 saturated heterocycles. The van der Waals surface area contributed by atoms with Crippen molar-refractivity contribution in [3.05, 3.63) is 23.2 Å². The summed E-state index contributed by atoms with van der Waals surface area (Å²) in [6.07, 6.45) is 0.751. The second-order valence-electron chi connectivity index (χ2n) is 4.83. The highest BCUT2D eigenvalue weighted by molar-refractivity contribution is 5.91. The van der Waals surface area contributed by atoms with E-state index in [1.807, 2.05) is 13.8 Å². The monoisotopic (exact) mass is 239 g/mol. The summed E-state index contributed by atoms with van der Waals surface area (Å²) in [5.74, 6) is 1.22. The molecule has 0 aliphatic heterocycles. The van der Waals surface area contributed by atoms with Crippen LogP contribution in [0.2, 0.25) is 0 Å². The predicted molar refractivity (Wildman–Crippen MR) is 66.0 cm³/mol. The van der Waals surface area contributed by atoms with Gasteiger partial charge in [-0.2, -0.15) is 0 Å². The molecule has 0 spiro atoms. The zero-order chi connectivity index (χ0) is 13.0. The molecule has 4 heteroatoms. The third-order valence-corrected chi connectivity index (χ3v) is 2.70. The van der Waals surface area contributed by atoms with Crippen LogP contribution in [0.25, 0.3) is 0 Å². The fraction of sp³-hybridized carbons (Fsp3) is 0.615. The third kappa shape index (κ3) is 3.89. The van der Waals surface area contributed by atoms with E-state index < -0.39 is 0 Å². The van der Waals surface area contributed by atoms with Crippen molar-refractivity contribution in [2.24, 2.45) is 5.92 Å². The normalized spacial score (nSPS) is 12.8. The van der Waals surface area contributed by atoms with E-state index in [1.165, 1.54) is 0 Å². The number of aliphatic hydroxyl groups excluding tert-OH is 1. The number of rotatable bonds is 5. The first-order valence-corrected chi connectivity index (χ1v) is 5.92. The molecule has 1 amide bonds. The van der Waals surface area contributed by atoms with Gasteiger partial charge in [-0.05, 0) is 37.8 Å². The van der Waals surface area contributed by atoms with Gasteiger partial charge in [0.05, 0.1) is 12.6 Å². The van der Waals surface area contributed by atoms with Crippen LogP contribution < -0.4 is 5.32 Å². The van der Waals surface area contributed by atoms with Gasteiger partial charge in [0.15, 0.2) is 5.76 Å². The Morgan fingerprint density at radius 3 is 2.53 bits per heavy atom. The smallest absolute Gasteiger partial charge is 0.287 e. The maximum absolute atomic E-state index is 11.8. The van der Waals surface area contributed by atoms with Gasteiger partial charge in [0.25, 0.3) is 5.91 Å². The fourth-order valence-corrected chi connectivity index (χ4v) is 1.69. The molecule has 1 aromatic rings. The Hall–Kier alpha value is -1.29. The van der Waals surface area contributed by atoms with Gasteiger partial charge in [0.1, 0.15) is 5.76 Å². The first-order valence-electron chi connectivity index (χ1n) is 5.92. The first kappa shape index (κ1) is 13.8. The minimum Gasteiger partial charge on any atom is -0.456 e. The Bertz CT molecular complexity index is 363. The molecule has 17 heavy (non-hydrogen) atoms. The molecular formula is C13H21NO3. The average molecular weight is 239 g/mol. The van der Waals surface area contributed by atoms with Crippen molar-refractivity contribution >= 4 is 5.91 Å². The molecule has 0 fully saturated rings. The topological polar surface area (TPSA) is 62.5 Å². The lowest BCUT2D eigenvalue weighted by Gasteiger charge is -2.17. The number of aryl methyl sites for hydroxylation is 2. The highest BCUT2D eigenvalue weighted by atomic mass is 16.3. The highest BCUT2D eigenvalue weighted by Gasteiger charge is 2.17. The van der Waals surface area contributed by atoms with Crippen molar-refractivity contribution < 1.29 is 14.3 Å². The average Bonchev–Trinajstić information content (AvgIpc) is 2.57. The maximum atomic E-state index is 11.8. The van der Waals surface area contributed by atoms with Gasteiger partial charge < -0.3 is 14.8 Å². The number of carbonyl (C=O) groups excluding carboxylic acids is 1. The van der Waals surface area contributed by atoms with Crippen LogP contribution in [-0.4, -0.2) is 23.7 Å². The van der Waals surface area contributed by atoms with E-state index in [4.69, 9.17) is 4.42 Å². The minimum absolute atomic E-state index is 0.0530. The van der Waals surface area contributed by atoms with Gasteiger partial charge in [-0.15, -0.1) is 0 Å². The summed E-state index contributed by atoms with van der Waals surface area (Å²) < 4.78 is 5.33. The van der Waals surface area contributed by atoms with Crippen LogP contribution in [0.15, 0.2) is 10.5 Å². The van der Waals surface area contributed by atoms with Gasteiger partial charge in [0, 0.05) is 0 Å². The van der Waals surface area contributed by atoms with Gasteiger partial charge in [-0.1, -0.05) is 13.8 Å². The number of amides is 1. The molecule has 96 valence electrons. The summed E-state index contributed by atoms with van der Waals surface area (Å²) >= 11 is 0. The molecule has 0 radical (unpaired) electrons. The summed E-state index contributed by atoms with van der Waals surface area (Å²) in [4.78, 5) is 11.8. The predicted octanol–water partition coefficient (Wildman–Crippen LogP) is 2.03. The van der Waals surface area contributed by atoms with Crippen molar-refractivity contribution in [3.8, 4) is 0 Å². The number of aliphatic hydroxyl groups is 1. The van der Waals surface area contributed by atoms with Crippen molar-refractivity contribution in [2.75, 3.05) is 6.61 Å². The van der Waals surface area contributed by atoms with Gasteiger partial charge in [-0.25, -0.2) is 0 Å². The summed E-state index contributed by atoms with van der Waals surface area (Å²) in [6, 6.07) is 1.50. The molecule has 0 aliphatic rings. The zero-order valence-corrected chi connectivity index (χ0v) is 10.9. The number of furan rings is 1. The lowest BCUT2D eigenvalue weighted by molar-refractivity contribution is 0.0879. The van der Waals surface area contributed by atoms with Crippen LogP contribution in [0.1, 0.15) is 42.1 Å². The largest absolute Gasteiger partial charge is 0.456 e. The van der Waals surface area contributed by atoms with Crippen LogP contribution in [0.3, 0.4) is 0 Å². The SMILES string of the molecule is Cc1cc(C(=O)NC(CO)CC(C)C)oc1C. The summed E-state index contributed by atoms with van der Waals surface area (Å²) in [6.45, 7) is 7.77. The van der Waals surface area contributed by atoms with Gasteiger partial charge in [0.2, 0.25) is 0 Å². The van der Waals surface area contributed by atoms with E-state index in [0.29, 0.717) is 11.7 Å². The fourth-order valence-electron chi connectivity index (χ4n) is 1.69. The van der Waals surface area contributed by atoms with Crippen molar-refractivity contribution in [1.82, 2.24) is 5.32 Å². The second-order valence-corrected chi connectivity index (χ2v) is 4.83. The van der Waals surface area contributed by atoms with E-state index in [1.54, 1.807) is 6.07 Å². The van der Waals surface area contributed by atoms with Crippen molar-refractivity contribution in [3.63, 3.8) is 0 Å². The van der Waals surface area contributed by atoms with E-state index in [0.717, 1.165) is 17.7 Å². The molecule has 0 saturated carbocycles. The molecule has 1 atom stereocenters. The summed E-state index contributed by atoms with van der Waals surface area (Å²) in [5, 5.41) is 12.0. The molecule has 1 rings (SSSR count).